The average molecular weight is 229 g/mol. The maximum absolute atomic E-state index is 11.3. The number of carboxylic acids is 1. The van der Waals surface area contributed by atoms with E-state index in [0.29, 0.717) is 18.7 Å². The van der Waals surface area contributed by atoms with Gasteiger partial charge in [-0.3, -0.25) is 4.79 Å². The quantitative estimate of drug-likeness (QED) is 0.680. The Morgan fingerprint density at radius 1 is 1.38 bits per heavy atom. The fraction of sp³-hybridized carbons (Fsp3) is 0.833. The third-order valence-electron chi connectivity index (χ3n) is 2.91. The van der Waals surface area contributed by atoms with Gasteiger partial charge in [0.1, 0.15) is 5.54 Å². The van der Waals surface area contributed by atoms with Crippen molar-refractivity contribution in [3.63, 3.8) is 0 Å². The van der Waals surface area contributed by atoms with E-state index in [1.54, 1.807) is 6.92 Å². The van der Waals surface area contributed by atoms with Crippen LogP contribution in [0, 0.1) is 5.92 Å². The molecule has 0 aliphatic rings. The van der Waals surface area contributed by atoms with E-state index in [-0.39, 0.29) is 6.04 Å². The zero-order valence-corrected chi connectivity index (χ0v) is 10.9. The van der Waals surface area contributed by atoms with Crippen LogP contribution >= 0.6 is 0 Å². The number of nitrogens with zero attached hydrogens (tertiary/aromatic N) is 1. The van der Waals surface area contributed by atoms with Gasteiger partial charge in [-0.25, -0.2) is 4.79 Å². The van der Waals surface area contributed by atoms with E-state index in [1.165, 1.54) is 4.90 Å². The first-order chi connectivity index (χ1) is 7.25. The normalized spacial score (nSPS) is 14.9. The van der Waals surface area contributed by atoms with Crippen LogP contribution in [0.2, 0.25) is 0 Å². The number of rotatable bonds is 7. The minimum atomic E-state index is -1.10. The van der Waals surface area contributed by atoms with Crippen molar-refractivity contribution in [1.82, 2.24) is 4.90 Å². The lowest BCUT2D eigenvalue weighted by molar-refractivity contribution is -0.156. The molecule has 0 aromatic carbocycles. The Morgan fingerprint density at radius 3 is 2.12 bits per heavy atom. The van der Waals surface area contributed by atoms with Gasteiger partial charge in [0.2, 0.25) is 6.41 Å². The van der Waals surface area contributed by atoms with Crippen LogP contribution in [0.3, 0.4) is 0 Å². The van der Waals surface area contributed by atoms with E-state index in [9.17, 15) is 14.7 Å². The third kappa shape index (κ3) is 3.51. The molecule has 0 aliphatic heterocycles. The molecule has 0 saturated carbocycles. The molecule has 0 fully saturated rings. The maximum atomic E-state index is 11.3. The Labute approximate surface area is 97.6 Å². The Kier molecular flexibility index (Phi) is 5.48. The van der Waals surface area contributed by atoms with Crippen molar-refractivity contribution in [1.29, 1.82) is 0 Å². The van der Waals surface area contributed by atoms with E-state index in [1.807, 2.05) is 27.7 Å². The van der Waals surface area contributed by atoms with Crippen molar-refractivity contribution in [2.45, 2.75) is 59.0 Å². The van der Waals surface area contributed by atoms with Gasteiger partial charge in [-0.05, 0) is 39.5 Å². The fourth-order valence-corrected chi connectivity index (χ4v) is 1.72. The lowest BCUT2D eigenvalue weighted by atomic mass is 9.89. The van der Waals surface area contributed by atoms with Crippen LogP contribution in [0.4, 0.5) is 0 Å². The number of aliphatic carboxylic acids is 1. The van der Waals surface area contributed by atoms with Crippen molar-refractivity contribution in [3.05, 3.63) is 0 Å². The summed E-state index contributed by atoms with van der Waals surface area (Å²) in [6, 6.07) is -0.106. The van der Waals surface area contributed by atoms with E-state index < -0.39 is 11.5 Å². The Morgan fingerprint density at radius 2 is 1.88 bits per heavy atom. The summed E-state index contributed by atoms with van der Waals surface area (Å²) in [5, 5.41) is 9.30. The number of hydrogen-bond donors (Lipinski definition) is 1. The SMILES string of the molecule is CC(C)CCC(C)(C(=O)O)N(C=O)C(C)C. The van der Waals surface area contributed by atoms with Gasteiger partial charge in [0, 0.05) is 6.04 Å². The standard InChI is InChI=1S/C12H23NO3/c1-9(2)6-7-12(5,11(15)16)13(8-14)10(3)4/h8-10H,6-7H2,1-5H3,(H,15,16). The summed E-state index contributed by atoms with van der Waals surface area (Å²) in [6.45, 7) is 9.35. The molecule has 0 radical (unpaired) electrons. The molecule has 1 N–H and O–H groups in total. The highest BCUT2D eigenvalue weighted by Crippen LogP contribution is 2.25. The van der Waals surface area contributed by atoms with Crippen molar-refractivity contribution in [2.75, 3.05) is 0 Å². The Bertz CT molecular complexity index is 251. The summed E-state index contributed by atoms with van der Waals surface area (Å²) in [5.74, 6) is -0.506. The largest absolute Gasteiger partial charge is 0.480 e. The predicted octanol–water partition coefficient (Wildman–Crippen LogP) is 2.13. The minimum Gasteiger partial charge on any atom is -0.480 e. The monoisotopic (exact) mass is 229 g/mol. The number of amides is 1. The van der Waals surface area contributed by atoms with Crippen LogP contribution in [0.15, 0.2) is 0 Å². The number of carbonyl (C=O) groups is 2. The van der Waals surface area contributed by atoms with Crippen molar-refractivity contribution < 1.29 is 14.7 Å². The molecule has 1 unspecified atom stereocenters. The predicted molar refractivity (Wildman–Crippen MR) is 63.2 cm³/mol. The Hall–Kier alpha value is -1.06. The van der Waals surface area contributed by atoms with Gasteiger partial charge in [0.05, 0.1) is 0 Å². The van der Waals surface area contributed by atoms with Gasteiger partial charge in [0.25, 0.3) is 0 Å². The van der Waals surface area contributed by atoms with Gasteiger partial charge in [-0.1, -0.05) is 13.8 Å². The molecule has 0 aliphatic carbocycles. The highest BCUT2D eigenvalue weighted by Gasteiger charge is 2.39. The lowest BCUT2D eigenvalue weighted by Gasteiger charge is -2.38. The molecule has 4 heteroatoms. The number of carbonyl (C=O) groups excluding carboxylic acids is 1. The molecular weight excluding hydrogens is 206 g/mol. The summed E-state index contributed by atoms with van der Waals surface area (Å²) in [5.41, 5.74) is -1.10. The van der Waals surface area contributed by atoms with Crippen LogP contribution in [-0.4, -0.2) is 34.0 Å². The van der Waals surface area contributed by atoms with E-state index in [4.69, 9.17) is 0 Å². The van der Waals surface area contributed by atoms with E-state index in [0.717, 1.165) is 6.42 Å². The van der Waals surface area contributed by atoms with Crippen LogP contribution in [-0.2, 0) is 9.59 Å². The van der Waals surface area contributed by atoms with Crippen molar-refractivity contribution in [2.24, 2.45) is 5.92 Å². The van der Waals surface area contributed by atoms with E-state index >= 15 is 0 Å². The molecule has 1 atom stereocenters. The van der Waals surface area contributed by atoms with Crippen LogP contribution in [0.25, 0.3) is 0 Å². The van der Waals surface area contributed by atoms with Crippen molar-refractivity contribution >= 4 is 12.4 Å². The molecule has 0 rings (SSSR count). The second-order valence-electron chi connectivity index (χ2n) is 5.12. The summed E-state index contributed by atoms with van der Waals surface area (Å²) >= 11 is 0. The second-order valence-corrected chi connectivity index (χ2v) is 5.12. The summed E-state index contributed by atoms with van der Waals surface area (Å²) < 4.78 is 0. The highest BCUT2D eigenvalue weighted by atomic mass is 16.4. The topological polar surface area (TPSA) is 57.6 Å². The molecule has 1 amide bonds. The lowest BCUT2D eigenvalue weighted by Crippen LogP contribution is -2.54. The smallest absolute Gasteiger partial charge is 0.329 e. The molecule has 0 saturated heterocycles. The molecule has 16 heavy (non-hydrogen) atoms. The van der Waals surface area contributed by atoms with Crippen molar-refractivity contribution in [3.8, 4) is 0 Å². The average Bonchev–Trinajstić information content (AvgIpc) is 2.14. The molecular formula is C12H23NO3. The van der Waals surface area contributed by atoms with Gasteiger partial charge in [0.15, 0.2) is 0 Å². The van der Waals surface area contributed by atoms with Gasteiger partial charge in [-0.15, -0.1) is 0 Å². The Balaban J connectivity index is 4.92. The van der Waals surface area contributed by atoms with Gasteiger partial charge >= 0.3 is 5.97 Å². The zero-order valence-electron chi connectivity index (χ0n) is 10.9. The molecule has 0 heterocycles. The fourth-order valence-electron chi connectivity index (χ4n) is 1.72. The second kappa shape index (κ2) is 5.87. The summed E-state index contributed by atoms with van der Waals surface area (Å²) in [7, 11) is 0. The molecule has 94 valence electrons. The van der Waals surface area contributed by atoms with Crippen LogP contribution < -0.4 is 0 Å². The zero-order chi connectivity index (χ0) is 12.9. The summed E-state index contributed by atoms with van der Waals surface area (Å²) in [6.07, 6.45) is 1.91. The highest BCUT2D eigenvalue weighted by molar-refractivity contribution is 5.81. The van der Waals surface area contributed by atoms with Crippen LogP contribution in [0.1, 0.15) is 47.5 Å². The molecule has 0 bridgehead atoms. The van der Waals surface area contributed by atoms with E-state index in [2.05, 4.69) is 0 Å². The molecule has 0 aromatic rings. The first kappa shape index (κ1) is 14.9. The first-order valence-electron chi connectivity index (χ1n) is 5.72. The molecule has 0 aromatic heterocycles. The number of hydrogen-bond acceptors (Lipinski definition) is 2. The van der Waals surface area contributed by atoms with Gasteiger partial charge < -0.3 is 10.0 Å². The summed E-state index contributed by atoms with van der Waals surface area (Å²) in [4.78, 5) is 23.7. The maximum Gasteiger partial charge on any atom is 0.329 e. The molecule has 4 nitrogen and oxygen atoms in total. The minimum absolute atomic E-state index is 0.106. The molecule has 0 spiro atoms. The first-order valence-corrected chi connectivity index (χ1v) is 5.72. The third-order valence-corrected chi connectivity index (χ3v) is 2.91. The van der Waals surface area contributed by atoms with Gasteiger partial charge in [-0.2, -0.15) is 0 Å². The number of carboxylic acid groups (broad SMARTS) is 1. The van der Waals surface area contributed by atoms with Crippen LogP contribution in [0.5, 0.6) is 0 Å².